The van der Waals surface area contributed by atoms with Crippen molar-refractivity contribution >= 4 is 5.78 Å². The van der Waals surface area contributed by atoms with Crippen LogP contribution in [0, 0.1) is 12.7 Å². The summed E-state index contributed by atoms with van der Waals surface area (Å²) in [6, 6.07) is 4.61. The first kappa shape index (κ1) is 15.1. The summed E-state index contributed by atoms with van der Waals surface area (Å²) in [4.78, 5) is 14.7. The lowest BCUT2D eigenvalue weighted by atomic mass is 9.90. The normalized spacial score (nSPS) is 17.2. The zero-order valence-electron chi connectivity index (χ0n) is 12.4. The van der Waals surface area contributed by atoms with Gasteiger partial charge in [0.1, 0.15) is 5.82 Å². The molecule has 3 nitrogen and oxygen atoms in total. The fourth-order valence-electron chi connectivity index (χ4n) is 2.52. The smallest absolute Gasteiger partial charge is 0.156 e. The Labute approximate surface area is 119 Å². The molecule has 0 atom stereocenters. The molecule has 2 rings (SSSR count). The van der Waals surface area contributed by atoms with Crippen LogP contribution in [0.15, 0.2) is 18.2 Å². The molecule has 20 heavy (non-hydrogen) atoms. The molecule has 1 aromatic carbocycles. The number of hydrogen-bond acceptors (Lipinski definition) is 3. The van der Waals surface area contributed by atoms with E-state index in [4.69, 9.17) is 4.74 Å². The predicted octanol–water partition coefficient (Wildman–Crippen LogP) is 2.36. The highest BCUT2D eigenvalue weighted by molar-refractivity contribution is 5.89. The standard InChI is InChI=1S/C16H22FNO2/c1-12-4-5-14(17)10-13(12)11-15(19)16(2,3)18-6-8-20-9-7-18/h4-5,10H,6-9,11H2,1-3H3. The quantitative estimate of drug-likeness (QED) is 0.847. The minimum atomic E-state index is -0.539. The Balaban J connectivity index is 2.11. The van der Waals surface area contributed by atoms with E-state index >= 15 is 0 Å². The second kappa shape index (κ2) is 6.02. The lowest BCUT2D eigenvalue weighted by Crippen LogP contribution is -2.54. The molecule has 1 aliphatic heterocycles. The SMILES string of the molecule is Cc1ccc(F)cc1CC(=O)C(C)(C)N1CCOCC1. The Morgan fingerprint density at radius 3 is 2.65 bits per heavy atom. The van der Waals surface area contributed by atoms with E-state index in [1.54, 1.807) is 6.07 Å². The molecule has 0 aliphatic carbocycles. The van der Waals surface area contributed by atoms with Gasteiger partial charge in [-0.15, -0.1) is 0 Å². The first-order chi connectivity index (χ1) is 9.41. The molecule has 1 aliphatic rings. The van der Waals surface area contributed by atoms with Crippen LogP contribution in [-0.2, 0) is 16.0 Å². The number of rotatable bonds is 4. The molecule has 110 valence electrons. The van der Waals surface area contributed by atoms with Gasteiger partial charge in [0, 0.05) is 19.5 Å². The van der Waals surface area contributed by atoms with Crippen LogP contribution in [0.5, 0.6) is 0 Å². The van der Waals surface area contributed by atoms with Crippen LogP contribution >= 0.6 is 0 Å². The van der Waals surface area contributed by atoms with E-state index in [0.717, 1.165) is 24.2 Å². The fourth-order valence-corrected chi connectivity index (χ4v) is 2.52. The summed E-state index contributed by atoms with van der Waals surface area (Å²) >= 11 is 0. The van der Waals surface area contributed by atoms with E-state index in [1.807, 2.05) is 20.8 Å². The van der Waals surface area contributed by atoms with E-state index in [1.165, 1.54) is 12.1 Å². The highest BCUT2D eigenvalue weighted by Crippen LogP contribution is 2.21. The second-order valence-electron chi connectivity index (χ2n) is 5.83. The molecule has 1 aromatic rings. The minimum absolute atomic E-state index is 0.119. The van der Waals surface area contributed by atoms with Crippen LogP contribution < -0.4 is 0 Å². The average molecular weight is 279 g/mol. The van der Waals surface area contributed by atoms with Gasteiger partial charge in [-0.1, -0.05) is 6.07 Å². The number of ether oxygens (including phenoxy) is 1. The van der Waals surface area contributed by atoms with Crippen LogP contribution in [0.3, 0.4) is 0 Å². The molecule has 0 unspecified atom stereocenters. The van der Waals surface area contributed by atoms with Crippen LogP contribution in [-0.4, -0.2) is 42.5 Å². The molecular weight excluding hydrogens is 257 g/mol. The van der Waals surface area contributed by atoms with E-state index < -0.39 is 5.54 Å². The molecule has 0 aromatic heterocycles. The number of nitrogens with zero attached hydrogens (tertiary/aromatic N) is 1. The molecule has 1 fully saturated rings. The molecule has 0 amide bonds. The van der Waals surface area contributed by atoms with Crippen molar-refractivity contribution in [1.82, 2.24) is 4.90 Å². The van der Waals surface area contributed by atoms with Gasteiger partial charge < -0.3 is 4.74 Å². The molecule has 1 heterocycles. The summed E-state index contributed by atoms with van der Waals surface area (Å²) < 4.78 is 18.6. The number of aryl methyl sites for hydroxylation is 1. The van der Waals surface area contributed by atoms with Crippen LogP contribution in [0.25, 0.3) is 0 Å². The van der Waals surface area contributed by atoms with Gasteiger partial charge in [0.05, 0.1) is 18.8 Å². The maximum atomic E-state index is 13.3. The van der Waals surface area contributed by atoms with Gasteiger partial charge in [0.25, 0.3) is 0 Å². The number of carbonyl (C=O) groups is 1. The molecule has 4 heteroatoms. The zero-order chi connectivity index (χ0) is 14.8. The Morgan fingerprint density at radius 1 is 1.35 bits per heavy atom. The van der Waals surface area contributed by atoms with Crippen molar-refractivity contribution in [3.63, 3.8) is 0 Å². The fraction of sp³-hybridized carbons (Fsp3) is 0.562. The molecule has 0 saturated carbocycles. The van der Waals surface area contributed by atoms with E-state index in [2.05, 4.69) is 4.90 Å². The number of benzene rings is 1. The molecule has 0 radical (unpaired) electrons. The highest BCUT2D eigenvalue weighted by atomic mass is 19.1. The van der Waals surface area contributed by atoms with Gasteiger partial charge >= 0.3 is 0 Å². The Bertz CT molecular complexity index is 493. The number of halogens is 1. The van der Waals surface area contributed by atoms with Gasteiger partial charge in [-0.05, 0) is 44.0 Å². The number of carbonyl (C=O) groups excluding carboxylic acids is 1. The second-order valence-corrected chi connectivity index (χ2v) is 5.83. The molecule has 0 N–H and O–H groups in total. The van der Waals surface area contributed by atoms with Crippen molar-refractivity contribution in [2.45, 2.75) is 32.7 Å². The van der Waals surface area contributed by atoms with Crippen molar-refractivity contribution in [2.75, 3.05) is 26.3 Å². The van der Waals surface area contributed by atoms with Gasteiger partial charge in [-0.3, -0.25) is 9.69 Å². The third-order valence-electron chi connectivity index (χ3n) is 4.15. The van der Waals surface area contributed by atoms with E-state index in [0.29, 0.717) is 13.2 Å². The summed E-state index contributed by atoms with van der Waals surface area (Å²) in [5.74, 6) is -0.171. The summed E-state index contributed by atoms with van der Waals surface area (Å²) in [6.07, 6.45) is 0.272. The van der Waals surface area contributed by atoms with E-state index in [-0.39, 0.29) is 18.0 Å². The monoisotopic (exact) mass is 279 g/mol. The van der Waals surface area contributed by atoms with Crippen LogP contribution in [0.4, 0.5) is 4.39 Å². The van der Waals surface area contributed by atoms with Crippen molar-refractivity contribution in [1.29, 1.82) is 0 Å². The summed E-state index contributed by atoms with van der Waals surface area (Å²) in [5, 5.41) is 0. The van der Waals surface area contributed by atoms with Gasteiger partial charge in [-0.2, -0.15) is 0 Å². The van der Waals surface area contributed by atoms with Gasteiger partial charge in [0.15, 0.2) is 5.78 Å². The zero-order valence-corrected chi connectivity index (χ0v) is 12.4. The largest absolute Gasteiger partial charge is 0.379 e. The lowest BCUT2D eigenvalue weighted by Gasteiger charge is -2.39. The number of ketones is 1. The molecule has 1 saturated heterocycles. The van der Waals surface area contributed by atoms with E-state index in [9.17, 15) is 9.18 Å². The minimum Gasteiger partial charge on any atom is -0.379 e. The lowest BCUT2D eigenvalue weighted by molar-refractivity contribution is -0.131. The Morgan fingerprint density at radius 2 is 2.00 bits per heavy atom. The third kappa shape index (κ3) is 3.25. The maximum Gasteiger partial charge on any atom is 0.156 e. The predicted molar refractivity (Wildman–Crippen MR) is 76.3 cm³/mol. The number of Topliss-reactive ketones (excluding diaryl/α,β-unsaturated/α-hetero) is 1. The number of morpholine rings is 1. The Kier molecular flexibility index (Phi) is 4.55. The van der Waals surface area contributed by atoms with Crippen molar-refractivity contribution in [3.05, 3.63) is 35.1 Å². The van der Waals surface area contributed by atoms with Crippen LogP contribution in [0.1, 0.15) is 25.0 Å². The summed E-state index contributed by atoms with van der Waals surface area (Å²) in [5.41, 5.74) is 1.19. The molecule has 0 bridgehead atoms. The van der Waals surface area contributed by atoms with Crippen LogP contribution in [0.2, 0.25) is 0 Å². The molecule has 0 spiro atoms. The van der Waals surface area contributed by atoms with Gasteiger partial charge in [0.2, 0.25) is 0 Å². The average Bonchev–Trinajstić information content (AvgIpc) is 2.43. The van der Waals surface area contributed by atoms with Crippen molar-refractivity contribution in [3.8, 4) is 0 Å². The maximum absolute atomic E-state index is 13.3. The van der Waals surface area contributed by atoms with Crippen molar-refractivity contribution in [2.24, 2.45) is 0 Å². The number of hydrogen-bond donors (Lipinski definition) is 0. The molecular formula is C16H22FNO2. The first-order valence-electron chi connectivity index (χ1n) is 7.02. The van der Waals surface area contributed by atoms with Gasteiger partial charge in [-0.25, -0.2) is 4.39 Å². The third-order valence-corrected chi connectivity index (χ3v) is 4.15. The Hall–Kier alpha value is -1.26. The first-order valence-corrected chi connectivity index (χ1v) is 7.02. The summed E-state index contributed by atoms with van der Waals surface area (Å²) in [6.45, 7) is 8.64. The topological polar surface area (TPSA) is 29.5 Å². The van der Waals surface area contributed by atoms with Crippen molar-refractivity contribution < 1.29 is 13.9 Å². The summed E-state index contributed by atoms with van der Waals surface area (Å²) in [7, 11) is 0. The highest BCUT2D eigenvalue weighted by Gasteiger charge is 2.35.